The number of nitrogens with one attached hydrogen (secondary N) is 1. The molecule has 0 atom stereocenters. The van der Waals surface area contributed by atoms with E-state index >= 15 is 0 Å². The number of imide groups is 1. The molecule has 0 radical (unpaired) electrons. The fraction of sp³-hybridized carbons (Fsp3) is 0.273. The van der Waals surface area contributed by atoms with Gasteiger partial charge in [-0.25, -0.2) is 4.79 Å². The van der Waals surface area contributed by atoms with Gasteiger partial charge in [0.05, 0.1) is 24.2 Å². The smallest absolute Gasteiger partial charge is 0.329 e. The maximum atomic E-state index is 12.7. The molecule has 1 aliphatic heterocycles. The average Bonchev–Trinajstić information content (AvgIpc) is 2.96. The van der Waals surface area contributed by atoms with Crippen LogP contribution in [0, 0.1) is 0 Å². The van der Waals surface area contributed by atoms with E-state index in [0.717, 1.165) is 22.0 Å². The minimum absolute atomic E-state index is 0.223. The molecule has 1 heterocycles. The Labute approximate surface area is 178 Å². The van der Waals surface area contributed by atoms with E-state index in [-0.39, 0.29) is 18.1 Å². The molecule has 6 nitrogen and oxygen atoms in total. The van der Waals surface area contributed by atoms with E-state index in [4.69, 9.17) is 9.47 Å². The molecule has 7 heteroatoms. The number of rotatable bonds is 8. The van der Waals surface area contributed by atoms with Gasteiger partial charge in [-0.05, 0) is 58.6 Å². The maximum absolute atomic E-state index is 12.7. The second-order valence-electron chi connectivity index (χ2n) is 6.48. The Kier molecular flexibility index (Phi) is 6.93. The van der Waals surface area contributed by atoms with E-state index in [0.29, 0.717) is 24.7 Å². The molecule has 1 N–H and O–H groups in total. The Morgan fingerprint density at radius 1 is 1.10 bits per heavy atom. The average molecular weight is 459 g/mol. The summed E-state index contributed by atoms with van der Waals surface area (Å²) in [5.74, 6) is 0.850. The van der Waals surface area contributed by atoms with E-state index in [1.54, 1.807) is 12.1 Å². The third-order valence-electron chi connectivity index (χ3n) is 4.24. The number of amides is 3. The predicted molar refractivity (Wildman–Crippen MR) is 115 cm³/mol. The standard InChI is InChI=1S/C22H23BrN2O4/c1-3-10-29-20-17(23)11-16(13-19(20)28-4-2)12-18-21(26)25(22(27)24-18)14-15-8-6-5-7-9-15/h5-9,11-13H,3-4,10,14H2,1-2H3,(H,24,27)/b18-12-. The molecule has 29 heavy (non-hydrogen) atoms. The normalized spacial score (nSPS) is 15.0. The van der Waals surface area contributed by atoms with Crippen LogP contribution in [0.2, 0.25) is 0 Å². The Morgan fingerprint density at radius 3 is 2.55 bits per heavy atom. The molecule has 0 aliphatic carbocycles. The second-order valence-corrected chi connectivity index (χ2v) is 7.33. The first-order chi connectivity index (χ1) is 14.0. The number of nitrogens with zero attached hydrogens (tertiary/aromatic N) is 1. The van der Waals surface area contributed by atoms with Gasteiger partial charge in [0, 0.05) is 0 Å². The molecule has 0 aromatic heterocycles. The molecule has 2 aromatic carbocycles. The van der Waals surface area contributed by atoms with Gasteiger partial charge in [-0.1, -0.05) is 37.3 Å². The number of halogens is 1. The van der Waals surface area contributed by atoms with Gasteiger partial charge in [0.2, 0.25) is 0 Å². The highest BCUT2D eigenvalue weighted by Gasteiger charge is 2.33. The zero-order valence-electron chi connectivity index (χ0n) is 16.4. The fourth-order valence-corrected chi connectivity index (χ4v) is 3.50. The lowest BCUT2D eigenvalue weighted by molar-refractivity contribution is -0.123. The molecular weight excluding hydrogens is 436 g/mol. The van der Waals surface area contributed by atoms with Crippen molar-refractivity contribution in [3.63, 3.8) is 0 Å². The van der Waals surface area contributed by atoms with Crippen molar-refractivity contribution in [1.82, 2.24) is 10.2 Å². The van der Waals surface area contributed by atoms with Crippen molar-refractivity contribution >= 4 is 33.9 Å². The minimum Gasteiger partial charge on any atom is -0.490 e. The molecule has 0 spiro atoms. The van der Waals surface area contributed by atoms with Crippen LogP contribution in [-0.4, -0.2) is 30.1 Å². The molecular formula is C22H23BrN2O4. The SMILES string of the molecule is CCCOc1c(Br)cc(/C=C2\NC(=O)N(Cc3ccccc3)C2=O)cc1OCC. The second kappa shape index (κ2) is 9.60. The molecule has 1 saturated heterocycles. The van der Waals surface area contributed by atoms with Gasteiger partial charge in [0.1, 0.15) is 5.70 Å². The summed E-state index contributed by atoms with van der Waals surface area (Å²) in [6, 6.07) is 12.6. The molecule has 3 amide bonds. The van der Waals surface area contributed by atoms with Gasteiger partial charge in [-0.2, -0.15) is 0 Å². The van der Waals surface area contributed by atoms with Gasteiger partial charge in [-0.15, -0.1) is 0 Å². The van der Waals surface area contributed by atoms with Crippen LogP contribution in [0.25, 0.3) is 6.08 Å². The molecule has 1 fully saturated rings. The van der Waals surface area contributed by atoms with Gasteiger partial charge in [0.25, 0.3) is 5.91 Å². The van der Waals surface area contributed by atoms with Gasteiger partial charge < -0.3 is 14.8 Å². The molecule has 0 unspecified atom stereocenters. The Hall–Kier alpha value is -2.80. The highest BCUT2D eigenvalue weighted by atomic mass is 79.9. The van der Waals surface area contributed by atoms with Crippen molar-refractivity contribution < 1.29 is 19.1 Å². The Bertz CT molecular complexity index is 928. The fourth-order valence-electron chi connectivity index (χ4n) is 2.93. The summed E-state index contributed by atoms with van der Waals surface area (Å²) >= 11 is 3.51. The van der Waals surface area contributed by atoms with Crippen LogP contribution in [0.3, 0.4) is 0 Å². The zero-order valence-corrected chi connectivity index (χ0v) is 18.0. The number of hydrogen-bond donors (Lipinski definition) is 1. The van der Waals surface area contributed by atoms with Crippen LogP contribution in [0.4, 0.5) is 4.79 Å². The number of ether oxygens (including phenoxy) is 2. The van der Waals surface area contributed by atoms with Crippen molar-refractivity contribution in [2.45, 2.75) is 26.8 Å². The molecule has 3 rings (SSSR count). The number of benzene rings is 2. The van der Waals surface area contributed by atoms with Gasteiger partial charge >= 0.3 is 6.03 Å². The highest BCUT2D eigenvalue weighted by Crippen LogP contribution is 2.37. The summed E-state index contributed by atoms with van der Waals surface area (Å²) in [7, 11) is 0. The topological polar surface area (TPSA) is 67.9 Å². The van der Waals surface area contributed by atoms with E-state index in [1.165, 1.54) is 4.90 Å². The summed E-state index contributed by atoms with van der Waals surface area (Å²) < 4.78 is 12.2. The summed E-state index contributed by atoms with van der Waals surface area (Å²) in [6.45, 7) is 5.20. The van der Waals surface area contributed by atoms with Crippen molar-refractivity contribution in [3.05, 3.63) is 63.8 Å². The first-order valence-electron chi connectivity index (χ1n) is 9.51. The summed E-state index contributed by atoms with van der Waals surface area (Å²) in [6.07, 6.45) is 2.52. The largest absolute Gasteiger partial charge is 0.490 e. The lowest BCUT2D eigenvalue weighted by Gasteiger charge is -2.14. The number of carbonyl (C=O) groups is 2. The quantitative estimate of drug-likeness (QED) is 0.458. The third kappa shape index (κ3) is 4.98. The first kappa shape index (κ1) is 20.9. The number of hydrogen-bond acceptors (Lipinski definition) is 4. The molecule has 1 aliphatic rings. The molecule has 0 saturated carbocycles. The van der Waals surface area contributed by atoms with Crippen LogP contribution >= 0.6 is 15.9 Å². The molecule has 0 bridgehead atoms. The van der Waals surface area contributed by atoms with Crippen LogP contribution in [0.15, 0.2) is 52.6 Å². The summed E-state index contributed by atoms with van der Waals surface area (Å²) in [4.78, 5) is 26.2. The first-order valence-corrected chi connectivity index (χ1v) is 10.3. The van der Waals surface area contributed by atoms with E-state index in [1.807, 2.05) is 50.2 Å². The van der Waals surface area contributed by atoms with Crippen molar-refractivity contribution in [2.24, 2.45) is 0 Å². The van der Waals surface area contributed by atoms with Crippen molar-refractivity contribution in [1.29, 1.82) is 0 Å². The van der Waals surface area contributed by atoms with E-state index in [2.05, 4.69) is 21.2 Å². The van der Waals surface area contributed by atoms with Crippen molar-refractivity contribution in [3.8, 4) is 11.5 Å². The van der Waals surface area contributed by atoms with Crippen LogP contribution in [0.5, 0.6) is 11.5 Å². The third-order valence-corrected chi connectivity index (χ3v) is 4.83. The van der Waals surface area contributed by atoms with E-state index in [9.17, 15) is 9.59 Å². The van der Waals surface area contributed by atoms with Crippen LogP contribution in [-0.2, 0) is 11.3 Å². The summed E-state index contributed by atoms with van der Waals surface area (Å²) in [5, 5.41) is 2.65. The lowest BCUT2D eigenvalue weighted by atomic mass is 10.1. The van der Waals surface area contributed by atoms with E-state index < -0.39 is 6.03 Å². The van der Waals surface area contributed by atoms with Gasteiger partial charge in [-0.3, -0.25) is 9.69 Å². The lowest BCUT2D eigenvalue weighted by Crippen LogP contribution is -2.30. The number of urea groups is 1. The van der Waals surface area contributed by atoms with Gasteiger partial charge in [0.15, 0.2) is 11.5 Å². The van der Waals surface area contributed by atoms with Crippen molar-refractivity contribution in [2.75, 3.05) is 13.2 Å². The Morgan fingerprint density at radius 2 is 1.86 bits per heavy atom. The van der Waals surface area contributed by atoms with Crippen LogP contribution in [0.1, 0.15) is 31.4 Å². The zero-order chi connectivity index (χ0) is 20.8. The summed E-state index contributed by atoms with van der Waals surface area (Å²) in [5.41, 5.74) is 1.83. The predicted octanol–water partition coefficient (Wildman–Crippen LogP) is 4.73. The minimum atomic E-state index is -0.433. The van der Waals surface area contributed by atoms with Crippen LogP contribution < -0.4 is 14.8 Å². The number of carbonyl (C=O) groups excluding carboxylic acids is 2. The maximum Gasteiger partial charge on any atom is 0.329 e. The molecule has 2 aromatic rings. The Balaban J connectivity index is 1.85. The highest BCUT2D eigenvalue weighted by molar-refractivity contribution is 9.10. The monoisotopic (exact) mass is 458 g/mol. The molecule has 152 valence electrons.